The summed E-state index contributed by atoms with van der Waals surface area (Å²) < 4.78 is 34.6. The predicted octanol–water partition coefficient (Wildman–Crippen LogP) is 4.72. The van der Waals surface area contributed by atoms with E-state index in [4.69, 9.17) is 18.2 Å². The number of hydrogen-bond acceptors (Lipinski definition) is 5. The highest BCUT2D eigenvalue weighted by molar-refractivity contribution is 7.58. The van der Waals surface area contributed by atoms with Gasteiger partial charge in [0.25, 0.3) is 0 Å². The molecule has 0 aliphatic carbocycles. The SMILES string of the molecule is COP(=O)(OC)C1=C[C@H](C)C[C@@H](O[Si](C)(C)C(C)(C)C)O1. The summed E-state index contributed by atoms with van der Waals surface area (Å²) in [5, 5.41) is 0.0904. The second-order valence-electron chi connectivity index (χ2n) is 7.01. The fraction of sp³-hybridized carbons (Fsp3) is 0.857. The van der Waals surface area contributed by atoms with Crippen molar-refractivity contribution in [3.63, 3.8) is 0 Å². The molecule has 21 heavy (non-hydrogen) atoms. The normalized spacial score (nSPS) is 24.5. The van der Waals surface area contributed by atoms with Gasteiger partial charge in [-0.25, -0.2) is 0 Å². The van der Waals surface area contributed by atoms with Gasteiger partial charge in [-0.1, -0.05) is 27.7 Å². The standard InChI is InChI=1S/C14H29O5PSi/c1-11-9-12(19-21(7,8)14(2,3)4)18-13(10-11)20(15,16-5)17-6/h10-12H,9H2,1-8H3/t11-,12-/m1/s1. The molecule has 1 aliphatic heterocycles. The maximum atomic E-state index is 12.5. The van der Waals surface area contributed by atoms with E-state index in [0.717, 1.165) is 6.42 Å². The number of hydrogen-bond donors (Lipinski definition) is 0. The minimum Gasteiger partial charge on any atom is -0.458 e. The molecule has 0 unspecified atom stereocenters. The molecule has 0 saturated carbocycles. The van der Waals surface area contributed by atoms with Crippen molar-refractivity contribution in [3.8, 4) is 0 Å². The Kier molecular flexibility index (Phi) is 5.90. The Hall–Kier alpha value is -0.133. The number of ether oxygens (including phenoxy) is 1. The largest absolute Gasteiger partial charge is 0.458 e. The zero-order valence-corrected chi connectivity index (χ0v) is 16.3. The quantitative estimate of drug-likeness (QED) is 0.537. The lowest BCUT2D eigenvalue weighted by Crippen LogP contribution is -2.45. The van der Waals surface area contributed by atoms with Crippen molar-refractivity contribution >= 4 is 15.9 Å². The fourth-order valence-corrected chi connectivity index (χ4v) is 4.17. The van der Waals surface area contributed by atoms with E-state index in [1.807, 2.05) is 6.92 Å². The third-order valence-corrected chi connectivity index (χ3v) is 10.4. The first-order valence-electron chi connectivity index (χ1n) is 7.23. The summed E-state index contributed by atoms with van der Waals surface area (Å²) in [6, 6.07) is 0. The summed E-state index contributed by atoms with van der Waals surface area (Å²) in [7, 11) is -2.60. The summed E-state index contributed by atoms with van der Waals surface area (Å²) in [5.74, 6) is 0.196. The monoisotopic (exact) mass is 336 g/mol. The van der Waals surface area contributed by atoms with E-state index in [-0.39, 0.29) is 16.5 Å². The summed E-state index contributed by atoms with van der Waals surface area (Å²) in [5.41, 5.74) is 0.259. The average Bonchev–Trinajstić information content (AvgIpc) is 2.35. The molecule has 0 amide bonds. The molecule has 0 saturated heterocycles. The minimum absolute atomic E-state index is 0.0904. The van der Waals surface area contributed by atoms with Gasteiger partial charge in [-0.05, 0) is 30.1 Å². The Morgan fingerprint density at radius 3 is 2.24 bits per heavy atom. The fourth-order valence-electron chi connectivity index (χ4n) is 1.82. The van der Waals surface area contributed by atoms with Crippen molar-refractivity contribution < 1.29 is 22.8 Å². The van der Waals surface area contributed by atoms with Gasteiger partial charge in [-0.15, -0.1) is 0 Å². The van der Waals surface area contributed by atoms with Crippen LogP contribution in [-0.4, -0.2) is 28.8 Å². The molecular formula is C14H29O5PSi. The first kappa shape index (κ1) is 18.9. The molecular weight excluding hydrogens is 307 g/mol. The predicted molar refractivity (Wildman–Crippen MR) is 86.6 cm³/mol. The van der Waals surface area contributed by atoms with Crippen LogP contribution >= 0.6 is 7.60 Å². The zero-order valence-electron chi connectivity index (χ0n) is 14.4. The molecule has 2 atom stereocenters. The van der Waals surface area contributed by atoms with Crippen LogP contribution in [-0.2, 0) is 22.8 Å². The van der Waals surface area contributed by atoms with E-state index >= 15 is 0 Å². The van der Waals surface area contributed by atoms with Crippen molar-refractivity contribution in [1.29, 1.82) is 0 Å². The molecule has 0 spiro atoms. The molecule has 0 N–H and O–H groups in total. The maximum absolute atomic E-state index is 12.5. The Morgan fingerprint density at radius 1 is 1.29 bits per heavy atom. The van der Waals surface area contributed by atoms with Crippen LogP contribution in [0.25, 0.3) is 0 Å². The van der Waals surface area contributed by atoms with E-state index in [9.17, 15) is 4.57 Å². The summed E-state index contributed by atoms with van der Waals surface area (Å²) >= 11 is 0. The third-order valence-electron chi connectivity index (χ3n) is 4.23. The molecule has 0 fully saturated rings. The van der Waals surface area contributed by atoms with E-state index in [2.05, 4.69) is 33.9 Å². The average molecular weight is 336 g/mol. The van der Waals surface area contributed by atoms with Gasteiger partial charge in [-0.2, -0.15) is 0 Å². The van der Waals surface area contributed by atoms with Gasteiger partial charge in [0.15, 0.2) is 14.6 Å². The third kappa shape index (κ3) is 4.42. The first-order chi connectivity index (χ1) is 9.45. The van der Waals surface area contributed by atoms with Gasteiger partial charge < -0.3 is 18.2 Å². The lowest BCUT2D eigenvalue weighted by atomic mass is 10.1. The molecule has 0 aromatic carbocycles. The van der Waals surface area contributed by atoms with Crippen LogP contribution in [0.4, 0.5) is 0 Å². The van der Waals surface area contributed by atoms with Crippen LogP contribution in [0.5, 0.6) is 0 Å². The maximum Gasteiger partial charge on any atom is 0.394 e. The van der Waals surface area contributed by atoms with E-state index in [1.165, 1.54) is 14.2 Å². The molecule has 1 heterocycles. The van der Waals surface area contributed by atoms with Gasteiger partial charge >= 0.3 is 7.60 Å². The lowest BCUT2D eigenvalue weighted by Gasteiger charge is -2.41. The highest BCUT2D eigenvalue weighted by Crippen LogP contribution is 2.57. The second kappa shape index (κ2) is 6.55. The Labute approximate surface area is 129 Å². The number of rotatable bonds is 5. The summed E-state index contributed by atoms with van der Waals surface area (Å²) in [4.78, 5) is 0. The van der Waals surface area contributed by atoms with Gasteiger partial charge in [0.2, 0.25) is 5.50 Å². The van der Waals surface area contributed by atoms with Crippen molar-refractivity contribution in [2.75, 3.05) is 14.2 Å². The number of allylic oxidation sites excluding steroid dienone is 1. The van der Waals surface area contributed by atoms with Crippen LogP contribution < -0.4 is 0 Å². The molecule has 5 nitrogen and oxygen atoms in total. The van der Waals surface area contributed by atoms with Crippen LogP contribution in [0, 0.1) is 5.92 Å². The van der Waals surface area contributed by atoms with Gasteiger partial charge in [0.05, 0.1) is 0 Å². The highest BCUT2D eigenvalue weighted by atomic mass is 31.2. The molecule has 1 aliphatic rings. The van der Waals surface area contributed by atoms with Gasteiger partial charge in [0, 0.05) is 20.6 Å². The van der Waals surface area contributed by atoms with Crippen molar-refractivity contribution in [1.82, 2.24) is 0 Å². The van der Waals surface area contributed by atoms with Crippen molar-refractivity contribution in [3.05, 3.63) is 11.6 Å². The molecule has 1 rings (SSSR count). The van der Waals surface area contributed by atoms with Crippen LogP contribution in [0.3, 0.4) is 0 Å². The van der Waals surface area contributed by atoms with Gasteiger partial charge in [0.1, 0.15) is 0 Å². The van der Waals surface area contributed by atoms with E-state index in [0.29, 0.717) is 0 Å². The van der Waals surface area contributed by atoms with Crippen molar-refractivity contribution in [2.45, 2.75) is 58.5 Å². The lowest BCUT2D eigenvalue weighted by molar-refractivity contribution is -0.0689. The molecule has 7 heteroatoms. The second-order valence-corrected chi connectivity index (χ2v) is 13.9. The summed E-state index contributed by atoms with van der Waals surface area (Å²) in [6.07, 6.45) is 2.14. The Bertz CT molecular complexity index is 433. The minimum atomic E-state index is -3.36. The molecule has 0 bridgehead atoms. The smallest absolute Gasteiger partial charge is 0.394 e. The van der Waals surface area contributed by atoms with Gasteiger partial charge in [-0.3, -0.25) is 4.57 Å². The van der Waals surface area contributed by atoms with Crippen LogP contribution in [0.1, 0.15) is 34.1 Å². The topological polar surface area (TPSA) is 54.0 Å². The molecule has 0 aromatic rings. The first-order valence-corrected chi connectivity index (χ1v) is 11.7. The van der Waals surface area contributed by atoms with E-state index < -0.39 is 22.2 Å². The molecule has 0 radical (unpaired) electrons. The Balaban J connectivity index is 2.92. The van der Waals surface area contributed by atoms with Crippen molar-refractivity contribution in [2.24, 2.45) is 5.92 Å². The Morgan fingerprint density at radius 2 is 1.81 bits per heavy atom. The summed E-state index contributed by atoms with van der Waals surface area (Å²) in [6.45, 7) is 12.9. The van der Waals surface area contributed by atoms with Crippen LogP contribution in [0.15, 0.2) is 11.6 Å². The molecule has 124 valence electrons. The van der Waals surface area contributed by atoms with Crippen LogP contribution in [0.2, 0.25) is 18.1 Å². The molecule has 0 aromatic heterocycles. The zero-order chi connectivity index (χ0) is 16.5. The van der Waals surface area contributed by atoms with E-state index in [1.54, 1.807) is 6.08 Å². The highest BCUT2D eigenvalue weighted by Gasteiger charge is 2.42.